The lowest BCUT2D eigenvalue weighted by Gasteiger charge is -1.99. The molecule has 1 heterocycles. The van der Waals surface area contributed by atoms with Crippen LogP contribution in [0, 0.1) is 0 Å². The van der Waals surface area contributed by atoms with E-state index in [1.54, 1.807) is 7.05 Å². The van der Waals surface area contributed by atoms with Crippen molar-refractivity contribution >= 4 is 46.6 Å². The zero-order valence-electron chi connectivity index (χ0n) is 7.19. The second-order valence-electron chi connectivity index (χ2n) is 2.00. The van der Waals surface area contributed by atoms with Crippen LogP contribution in [-0.2, 0) is 4.84 Å². The van der Waals surface area contributed by atoms with Gasteiger partial charge in [-0.15, -0.1) is 23.7 Å². The van der Waals surface area contributed by atoms with Crippen LogP contribution in [0.25, 0.3) is 0 Å². The summed E-state index contributed by atoms with van der Waals surface area (Å²) in [6, 6.07) is 3.72. The SMILES string of the molecule is CNC(=NOC(=O)Cl)c1cccs1.Cl. The van der Waals surface area contributed by atoms with E-state index in [-0.39, 0.29) is 12.4 Å². The number of thiophene rings is 1. The van der Waals surface area contributed by atoms with Crippen LogP contribution in [0.5, 0.6) is 0 Å². The third kappa shape index (κ3) is 3.95. The first-order chi connectivity index (χ1) is 6.24. The van der Waals surface area contributed by atoms with Gasteiger partial charge in [0.1, 0.15) is 0 Å². The number of hydrogen-bond acceptors (Lipinski definition) is 4. The Balaban J connectivity index is 0.00000169. The minimum absolute atomic E-state index is 0. The molecule has 1 rings (SSSR count). The summed E-state index contributed by atoms with van der Waals surface area (Å²) in [6.45, 7) is 0. The second-order valence-corrected chi connectivity index (χ2v) is 3.25. The van der Waals surface area contributed by atoms with Crippen molar-refractivity contribution in [2.24, 2.45) is 5.16 Å². The molecule has 0 spiro atoms. The predicted octanol–water partition coefficient (Wildman–Crippen LogP) is 2.43. The maximum Gasteiger partial charge on any atom is 0.429 e. The summed E-state index contributed by atoms with van der Waals surface area (Å²) in [5, 5.41) is 8.20. The molecule has 7 heteroatoms. The average Bonchev–Trinajstić information content (AvgIpc) is 2.58. The molecule has 0 unspecified atom stereocenters. The Morgan fingerprint density at radius 1 is 1.71 bits per heavy atom. The van der Waals surface area contributed by atoms with Gasteiger partial charge in [-0.2, -0.15) is 0 Å². The predicted molar refractivity (Wildman–Crippen MR) is 59.5 cm³/mol. The fraction of sp³-hybridized carbons (Fsp3) is 0.143. The fourth-order valence-corrected chi connectivity index (χ4v) is 1.46. The number of nitrogens with one attached hydrogen (secondary N) is 1. The molecule has 0 fully saturated rings. The van der Waals surface area contributed by atoms with Crippen LogP contribution in [0.1, 0.15) is 4.88 Å². The van der Waals surface area contributed by atoms with Gasteiger partial charge in [-0.1, -0.05) is 11.2 Å². The smallest absolute Gasteiger partial charge is 0.369 e. The monoisotopic (exact) mass is 254 g/mol. The number of oxime groups is 1. The summed E-state index contributed by atoms with van der Waals surface area (Å²) in [4.78, 5) is 15.4. The Morgan fingerprint density at radius 2 is 2.43 bits per heavy atom. The first kappa shape index (κ1) is 13.2. The molecule has 0 saturated carbocycles. The lowest BCUT2D eigenvalue weighted by atomic mass is 10.4. The molecule has 0 aliphatic heterocycles. The van der Waals surface area contributed by atoms with Crippen molar-refractivity contribution in [1.29, 1.82) is 0 Å². The van der Waals surface area contributed by atoms with E-state index in [0.29, 0.717) is 5.84 Å². The third-order valence-electron chi connectivity index (χ3n) is 1.20. The molecule has 0 aliphatic rings. The van der Waals surface area contributed by atoms with Gasteiger partial charge in [-0.3, -0.25) is 0 Å². The maximum atomic E-state index is 10.2. The van der Waals surface area contributed by atoms with Gasteiger partial charge in [0.25, 0.3) is 0 Å². The van der Waals surface area contributed by atoms with E-state index in [9.17, 15) is 4.79 Å². The summed E-state index contributed by atoms with van der Waals surface area (Å²) in [5.74, 6) is 0.476. The highest BCUT2D eigenvalue weighted by molar-refractivity contribution is 7.12. The van der Waals surface area contributed by atoms with Gasteiger partial charge in [0.2, 0.25) is 0 Å². The Kier molecular flexibility index (Phi) is 6.27. The molecule has 1 aromatic heterocycles. The molecule has 0 aromatic carbocycles. The van der Waals surface area contributed by atoms with Crippen molar-refractivity contribution in [3.8, 4) is 0 Å². The Bertz CT molecular complexity index is 313. The molecule has 0 atom stereocenters. The summed E-state index contributed by atoms with van der Waals surface area (Å²) >= 11 is 6.43. The first-order valence-corrected chi connectivity index (χ1v) is 4.66. The lowest BCUT2D eigenvalue weighted by molar-refractivity contribution is 0.178. The van der Waals surface area contributed by atoms with Gasteiger partial charge < -0.3 is 10.2 Å². The van der Waals surface area contributed by atoms with Crippen molar-refractivity contribution < 1.29 is 9.63 Å². The van der Waals surface area contributed by atoms with E-state index in [4.69, 9.17) is 11.6 Å². The molecule has 14 heavy (non-hydrogen) atoms. The normalized spacial score (nSPS) is 10.3. The highest BCUT2D eigenvalue weighted by atomic mass is 35.5. The van der Waals surface area contributed by atoms with Crippen molar-refractivity contribution in [1.82, 2.24) is 5.32 Å². The average molecular weight is 255 g/mol. The molecule has 4 nitrogen and oxygen atoms in total. The number of carbonyl (C=O) groups is 1. The number of rotatable bonds is 2. The summed E-state index contributed by atoms with van der Waals surface area (Å²) in [6.07, 6.45) is 0. The van der Waals surface area contributed by atoms with Crippen LogP contribution in [0.4, 0.5) is 4.79 Å². The molecule has 0 amide bonds. The second kappa shape index (κ2) is 6.64. The highest BCUT2D eigenvalue weighted by Gasteiger charge is 2.03. The largest absolute Gasteiger partial charge is 0.429 e. The molecule has 1 N–H and O–H groups in total. The molecule has 1 aromatic rings. The standard InChI is InChI=1S/C7H7ClN2O2S.ClH/c1-9-6(10-12-7(8)11)5-3-2-4-13-5;/h2-4H,1H3,(H,9,10);1H. The zero-order chi connectivity index (χ0) is 9.68. The van der Waals surface area contributed by atoms with Crippen LogP contribution in [0.15, 0.2) is 22.7 Å². The Labute approximate surface area is 96.3 Å². The van der Waals surface area contributed by atoms with Gasteiger partial charge >= 0.3 is 5.43 Å². The molecule has 78 valence electrons. The van der Waals surface area contributed by atoms with Gasteiger partial charge in [-0.25, -0.2) is 4.79 Å². The summed E-state index contributed by atoms with van der Waals surface area (Å²) in [7, 11) is 1.68. The van der Waals surface area contributed by atoms with Crippen LogP contribution in [0.2, 0.25) is 0 Å². The molecular weight excluding hydrogens is 247 g/mol. The zero-order valence-corrected chi connectivity index (χ0v) is 9.58. The Hall–Kier alpha value is -0.780. The number of hydrogen-bond donors (Lipinski definition) is 1. The number of carbonyl (C=O) groups excluding carboxylic acids is 1. The van der Waals surface area contributed by atoms with Gasteiger partial charge in [0.15, 0.2) is 5.84 Å². The van der Waals surface area contributed by atoms with E-state index in [0.717, 1.165) is 4.88 Å². The van der Waals surface area contributed by atoms with Gasteiger partial charge in [-0.05, 0) is 11.4 Å². The van der Waals surface area contributed by atoms with Gasteiger partial charge in [0, 0.05) is 18.6 Å². The first-order valence-electron chi connectivity index (χ1n) is 3.40. The maximum absolute atomic E-state index is 10.2. The van der Waals surface area contributed by atoms with Crippen LogP contribution in [-0.4, -0.2) is 18.3 Å². The molecular formula is C7H8Cl2N2O2S. The van der Waals surface area contributed by atoms with Crippen molar-refractivity contribution in [2.75, 3.05) is 7.05 Å². The molecule has 0 aliphatic carbocycles. The minimum atomic E-state index is -0.954. The van der Waals surface area contributed by atoms with E-state index in [2.05, 4.69) is 15.3 Å². The van der Waals surface area contributed by atoms with E-state index >= 15 is 0 Å². The number of amidine groups is 1. The van der Waals surface area contributed by atoms with Crippen LogP contribution in [0.3, 0.4) is 0 Å². The number of nitrogens with zero attached hydrogens (tertiary/aromatic N) is 1. The lowest BCUT2D eigenvalue weighted by Crippen LogP contribution is -2.18. The van der Waals surface area contributed by atoms with Crippen molar-refractivity contribution in [3.63, 3.8) is 0 Å². The van der Waals surface area contributed by atoms with Gasteiger partial charge in [0.05, 0.1) is 4.88 Å². The van der Waals surface area contributed by atoms with Crippen molar-refractivity contribution in [2.45, 2.75) is 0 Å². The summed E-state index contributed by atoms with van der Waals surface area (Å²) < 4.78 is 0. The Morgan fingerprint density at radius 3 is 2.86 bits per heavy atom. The van der Waals surface area contributed by atoms with Crippen molar-refractivity contribution in [3.05, 3.63) is 22.4 Å². The molecule has 0 radical (unpaired) electrons. The third-order valence-corrected chi connectivity index (χ3v) is 2.15. The van der Waals surface area contributed by atoms with Crippen LogP contribution >= 0.6 is 35.3 Å². The van der Waals surface area contributed by atoms with Crippen LogP contribution < -0.4 is 5.32 Å². The quantitative estimate of drug-likeness (QED) is 0.290. The van der Waals surface area contributed by atoms with E-state index < -0.39 is 5.43 Å². The highest BCUT2D eigenvalue weighted by Crippen LogP contribution is 2.08. The molecule has 0 bridgehead atoms. The van der Waals surface area contributed by atoms with E-state index in [1.807, 2.05) is 17.5 Å². The number of halogens is 2. The minimum Gasteiger partial charge on any atom is -0.369 e. The molecule has 0 saturated heterocycles. The topological polar surface area (TPSA) is 50.7 Å². The summed E-state index contributed by atoms with van der Waals surface area (Å²) in [5.41, 5.74) is -0.954. The fourth-order valence-electron chi connectivity index (χ4n) is 0.709. The van der Waals surface area contributed by atoms with E-state index in [1.165, 1.54) is 11.3 Å².